The summed E-state index contributed by atoms with van der Waals surface area (Å²) in [6.07, 6.45) is 1.65. The molecule has 122 valence electrons. The SMILES string of the molecule is CC(C)(S)[C@@H](NC=C1N=C(Cc2ccccc2)OC1=O)C(=O)O. The van der Waals surface area contributed by atoms with Crippen LogP contribution in [0.1, 0.15) is 19.4 Å². The highest BCUT2D eigenvalue weighted by molar-refractivity contribution is 7.81. The van der Waals surface area contributed by atoms with Crippen LogP contribution in [0.5, 0.6) is 0 Å². The monoisotopic (exact) mass is 334 g/mol. The van der Waals surface area contributed by atoms with Crippen molar-refractivity contribution in [3.05, 3.63) is 47.8 Å². The summed E-state index contributed by atoms with van der Waals surface area (Å²) in [4.78, 5) is 27.1. The van der Waals surface area contributed by atoms with Crippen molar-refractivity contribution in [2.75, 3.05) is 0 Å². The number of benzene rings is 1. The Morgan fingerprint density at radius 2 is 2.09 bits per heavy atom. The van der Waals surface area contributed by atoms with Gasteiger partial charge in [-0.1, -0.05) is 30.3 Å². The second-order valence-electron chi connectivity index (χ2n) is 5.68. The predicted octanol–water partition coefficient (Wildman–Crippen LogP) is 1.78. The van der Waals surface area contributed by atoms with E-state index in [1.165, 1.54) is 6.20 Å². The van der Waals surface area contributed by atoms with Gasteiger partial charge in [-0.05, 0) is 19.4 Å². The van der Waals surface area contributed by atoms with E-state index in [0.717, 1.165) is 5.56 Å². The zero-order valence-electron chi connectivity index (χ0n) is 12.8. The zero-order chi connectivity index (χ0) is 17.0. The molecule has 1 aliphatic heterocycles. The van der Waals surface area contributed by atoms with E-state index in [0.29, 0.717) is 6.42 Å². The van der Waals surface area contributed by atoms with E-state index in [-0.39, 0.29) is 11.6 Å². The largest absolute Gasteiger partial charge is 0.480 e. The maximum atomic E-state index is 11.8. The van der Waals surface area contributed by atoms with Crippen LogP contribution in [0.25, 0.3) is 0 Å². The van der Waals surface area contributed by atoms with E-state index < -0.39 is 22.7 Å². The molecule has 23 heavy (non-hydrogen) atoms. The van der Waals surface area contributed by atoms with Gasteiger partial charge < -0.3 is 15.2 Å². The summed E-state index contributed by atoms with van der Waals surface area (Å²) in [5.41, 5.74) is 1.01. The fourth-order valence-electron chi connectivity index (χ4n) is 2.04. The molecule has 2 N–H and O–H groups in total. The van der Waals surface area contributed by atoms with Gasteiger partial charge in [0.05, 0.1) is 0 Å². The van der Waals surface area contributed by atoms with E-state index in [1.54, 1.807) is 13.8 Å². The van der Waals surface area contributed by atoms with Gasteiger partial charge in [0.15, 0.2) is 5.70 Å². The topological polar surface area (TPSA) is 88.0 Å². The Morgan fingerprint density at radius 1 is 1.43 bits per heavy atom. The number of carbonyl (C=O) groups excluding carboxylic acids is 1. The summed E-state index contributed by atoms with van der Waals surface area (Å²) in [7, 11) is 0. The van der Waals surface area contributed by atoms with Crippen molar-refractivity contribution in [3.63, 3.8) is 0 Å². The fourth-order valence-corrected chi connectivity index (χ4v) is 2.22. The first-order chi connectivity index (χ1) is 10.8. The van der Waals surface area contributed by atoms with Crippen LogP contribution in [-0.4, -0.2) is 33.7 Å². The standard InChI is InChI=1S/C16H18N2O4S/c1-16(2,23)13(14(19)20)17-9-11-15(21)22-12(18-11)8-10-6-4-3-5-7-10/h3-7,9,13,17,23H,8H2,1-2H3,(H,19,20)/t13-/m0/s1. The van der Waals surface area contributed by atoms with E-state index in [9.17, 15) is 14.7 Å². The molecule has 1 heterocycles. The lowest BCUT2D eigenvalue weighted by Gasteiger charge is -2.26. The number of hydrogen-bond donors (Lipinski definition) is 3. The van der Waals surface area contributed by atoms with Gasteiger partial charge in [0, 0.05) is 17.4 Å². The van der Waals surface area contributed by atoms with Gasteiger partial charge >= 0.3 is 11.9 Å². The molecule has 0 radical (unpaired) electrons. The van der Waals surface area contributed by atoms with Crippen molar-refractivity contribution in [2.45, 2.75) is 31.1 Å². The maximum absolute atomic E-state index is 11.8. The Balaban J connectivity index is 2.10. The third-order valence-electron chi connectivity index (χ3n) is 3.20. The third-order valence-corrected chi connectivity index (χ3v) is 3.46. The van der Waals surface area contributed by atoms with Crippen LogP contribution in [-0.2, 0) is 20.7 Å². The molecule has 0 fully saturated rings. The number of nitrogens with zero attached hydrogens (tertiary/aromatic N) is 1. The average Bonchev–Trinajstić information content (AvgIpc) is 2.78. The molecule has 0 bridgehead atoms. The van der Waals surface area contributed by atoms with Crippen LogP contribution in [0.15, 0.2) is 47.2 Å². The summed E-state index contributed by atoms with van der Waals surface area (Å²) in [6, 6.07) is 8.50. The maximum Gasteiger partial charge on any atom is 0.365 e. The summed E-state index contributed by atoms with van der Waals surface area (Å²) >= 11 is 4.25. The zero-order valence-corrected chi connectivity index (χ0v) is 13.7. The number of carbonyl (C=O) groups is 2. The molecule has 6 nitrogen and oxygen atoms in total. The second kappa shape index (κ2) is 6.87. The number of aliphatic imine (C=N–C) groups is 1. The molecule has 7 heteroatoms. The highest BCUT2D eigenvalue weighted by Gasteiger charge is 2.32. The molecular formula is C16H18N2O4S. The molecule has 0 unspecified atom stereocenters. The van der Waals surface area contributed by atoms with E-state index in [2.05, 4.69) is 22.9 Å². The summed E-state index contributed by atoms with van der Waals surface area (Å²) in [5.74, 6) is -1.39. The lowest BCUT2D eigenvalue weighted by Crippen LogP contribution is -2.47. The van der Waals surface area contributed by atoms with Crippen LogP contribution in [0, 0.1) is 0 Å². The van der Waals surface area contributed by atoms with Crippen LogP contribution < -0.4 is 5.32 Å². The minimum atomic E-state index is -1.07. The van der Waals surface area contributed by atoms with E-state index in [1.807, 2.05) is 30.3 Å². The van der Waals surface area contributed by atoms with Gasteiger partial charge in [-0.2, -0.15) is 12.6 Å². The van der Waals surface area contributed by atoms with Crippen LogP contribution >= 0.6 is 12.6 Å². The number of cyclic esters (lactones) is 1. The summed E-state index contributed by atoms with van der Waals surface area (Å²) in [6.45, 7) is 3.33. The average molecular weight is 334 g/mol. The van der Waals surface area contributed by atoms with E-state index in [4.69, 9.17) is 4.74 Å². The van der Waals surface area contributed by atoms with Crippen molar-refractivity contribution in [2.24, 2.45) is 4.99 Å². The summed E-state index contributed by atoms with van der Waals surface area (Å²) < 4.78 is 4.28. The highest BCUT2D eigenvalue weighted by Crippen LogP contribution is 2.19. The highest BCUT2D eigenvalue weighted by atomic mass is 32.1. The molecule has 0 aliphatic carbocycles. The number of ether oxygens (including phenoxy) is 1. The number of rotatable bonds is 6. The Morgan fingerprint density at radius 3 is 2.65 bits per heavy atom. The first-order valence-corrected chi connectivity index (χ1v) is 7.47. The number of thiol groups is 1. The van der Waals surface area contributed by atoms with Crippen molar-refractivity contribution >= 4 is 30.5 Å². The molecule has 1 atom stereocenters. The van der Waals surface area contributed by atoms with Crippen molar-refractivity contribution in [1.82, 2.24) is 5.32 Å². The van der Waals surface area contributed by atoms with Gasteiger partial charge in [0.25, 0.3) is 0 Å². The van der Waals surface area contributed by atoms with Crippen molar-refractivity contribution in [3.8, 4) is 0 Å². The number of aliphatic carboxylic acids is 1. The van der Waals surface area contributed by atoms with Gasteiger partial charge in [-0.25, -0.2) is 14.6 Å². The lowest BCUT2D eigenvalue weighted by atomic mass is 10.0. The quantitative estimate of drug-likeness (QED) is 0.419. The molecule has 0 spiro atoms. The third kappa shape index (κ3) is 4.59. The van der Waals surface area contributed by atoms with Crippen LogP contribution in [0.4, 0.5) is 0 Å². The molecule has 1 aliphatic rings. The molecule has 0 aromatic heterocycles. The molecule has 1 aromatic rings. The number of nitrogens with one attached hydrogen (secondary N) is 1. The van der Waals surface area contributed by atoms with Crippen molar-refractivity contribution in [1.29, 1.82) is 0 Å². The Kier molecular flexibility index (Phi) is 5.10. The van der Waals surface area contributed by atoms with Crippen LogP contribution in [0.2, 0.25) is 0 Å². The lowest BCUT2D eigenvalue weighted by molar-refractivity contribution is -0.140. The van der Waals surface area contributed by atoms with Gasteiger partial charge in [-0.3, -0.25) is 0 Å². The molecule has 1 aromatic carbocycles. The Labute approximate surface area is 139 Å². The fraction of sp³-hybridized carbons (Fsp3) is 0.312. The second-order valence-corrected chi connectivity index (χ2v) is 6.83. The first kappa shape index (κ1) is 17.1. The molecule has 0 saturated heterocycles. The normalized spacial score (nSPS) is 17.6. The molecule has 0 saturated carbocycles. The van der Waals surface area contributed by atoms with Gasteiger partial charge in [-0.15, -0.1) is 0 Å². The van der Waals surface area contributed by atoms with E-state index >= 15 is 0 Å². The number of carboxylic acids is 1. The smallest absolute Gasteiger partial charge is 0.365 e. The summed E-state index contributed by atoms with van der Waals surface area (Å²) in [5, 5.41) is 11.9. The first-order valence-electron chi connectivity index (χ1n) is 7.02. The molecular weight excluding hydrogens is 316 g/mol. The minimum absolute atomic E-state index is 0.0414. The Bertz CT molecular complexity index is 662. The van der Waals surface area contributed by atoms with Gasteiger partial charge in [0.1, 0.15) is 6.04 Å². The number of carboxylic acid groups (broad SMARTS) is 1. The number of esters is 1. The van der Waals surface area contributed by atoms with Crippen molar-refractivity contribution < 1.29 is 19.4 Å². The molecule has 2 rings (SSSR count). The van der Waals surface area contributed by atoms with Gasteiger partial charge in [0.2, 0.25) is 5.90 Å². The Hall–Kier alpha value is -2.28. The van der Waals surface area contributed by atoms with Crippen LogP contribution in [0.3, 0.4) is 0 Å². The number of hydrogen-bond acceptors (Lipinski definition) is 6. The predicted molar refractivity (Wildman–Crippen MR) is 89.4 cm³/mol. The minimum Gasteiger partial charge on any atom is -0.480 e. The molecule has 0 amide bonds.